The third-order valence-corrected chi connectivity index (χ3v) is 3.92. The average Bonchev–Trinajstić information content (AvgIpc) is 2.88. The van der Waals surface area contributed by atoms with Crippen LogP contribution in [0, 0.1) is 5.82 Å². The summed E-state index contributed by atoms with van der Waals surface area (Å²) in [7, 11) is 0. The highest BCUT2D eigenvalue weighted by molar-refractivity contribution is 6.32. The molecule has 1 saturated carbocycles. The molecule has 3 rings (SSSR count). The van der Waals surface area contributed by atoms with Gasteiger partial charge < -0.3 is 15.0 Å². The first-order chi connectivity index (χ1) is 10.1. The Hall–Kier alpha value is -1.66. The van der Waals surface area contributed by atoms with Gasteiger partial charge in [0.15, 0.2) is 5.82 Å². The standard InChI is InChI=1S/C14H15ClFN3O2/c15-10-8-9(16)2-3-11(10)20-7-4-12-18-13(19-21-12)14(17)5-1-6-14/h2-3,8H,1,4-7,17H2. The number of nitrogens with two attached hydrogens (primary N) is 1. The second kappa shape index (κ2) is 5.61. The molecule has 2 N–H and O–H groups in total. The van der Waals surface area contributed by atoms with Crippen molar-refractivity contribution in [3.63, 3.8) is 0 Å². The smallest absolute Gasteiger partial charge is 0.230 e. The van der Waals surface area contributed by atoms with Crippen LogP contribution in [-0.4, -0.2) is 16.7 Å². The number of hydrogen-bond acceptors (Lipinski definition) is 5. The topological polar surface area (TPSA) is 74.2 Å². The lowest BCUT2D eigenvalue weighted by molar-refractivity contribution is 0.228. The molecule has 1 heterocycles. The van der Waals surface area contributed by atoms with Crippen molar-refractivity contribution in [2.75, 3.05) is 6.61 Å². The van der Waals surface area contributed by atoms with Crippen molar-refractivity contribution in [3.05, 3.63) is 40.8 Å². The van der Waals surface area contributed by atoms with E-state index in [2.05, 4.69) is 10.1 Å². The summed E-state index contributed by atoms with van der Waals surface area (Å²) >= 11 is 5.87. The summed E-state index contributed by atoms with van der Waals surface area (Å²) in [5.74, 6) is 1.05. The molecule has 0 bridgehead atoms. The maximum absolute atomic E-state index is 12.9. The third kappa shape index (κ3) is 3.01. The van der Waals surface area contributed by atoms with Crippen molar-refractivity contribution in [1.82, 2.24) is 10.1 Å². The molecule has 112 valence electrons. The van der Waals surface area contributed by atoms with Gasteiger partial charge in [-0.3, -0.25) is 0 Å². The number of benzene rings is 1. The van der Waals surface area contributed by atoms with Gasteiger partial charge in [0.1, 0.15) is 11.6 Å². The molecule has 5 nitrogen and oxygen atoms in total. The Morgan fingerprint density at radius 3 is 2.90 bits per heavy atom. The van der Waals surface area contributed by atoms with Crippen molar-refractivity contribution in [1.29, 1.82) is 0 Å². The monoisotopic (exact) mass is 311 g/mol. The van der Waals surface area contributed by atoms with Crippen LogP contribution in [0.25, 0.3) is 0 Å². The molecular weight excluding hydrogens is 297 g/mol. The van der Waals surface area contributed by atoms with Crippen LogP contribution in [0.4, 0.5) is 4.39 Å². The van der Waals surface area contributed by atoms with Crippen LogP contribution in [-0.2, 0) is 12.0 Å². The summed E-state index contributed by atoms with van der Waals surface area (Å²) in [4.78, 5) is 4.30. The fraction of sp³-hybridized carbons (Fsp3) is 0.429. The van der Waals surface area contributed by atoms with E-state index in [1.807, 2.05) is 0 Å². The van der Waals surface area contributed by atoms with Gasteiger partial charge in [0.05, 0.1) is 23.6 Å². The Kier molecular flexibility index (Phi) is 3.82. The first-order valence-corrected chi connectivity index (χ1v) is 7.14. The lowest BCUT2D eigenvalue weighted by Crippen LogP contribution is -2.44. The summed E-state index contributed by atoms with van der Waals surface area (Å²) in [5, 5.41) is 4.16. The zero-order chi connectivity index (χ0) is 14.9. The van der Waals surface area contributed by atoms with E-state index in [4.69, 9.17) is 26.6 Å². The number of nitrogens with zero attached hydrogens (tertiary/aromatic N) is 2. The number of aromatic nitrogens is 2. The summed E-state index contributed by atoms with van der Waals surface area (Å²) < 4.78 is 23.5. The number of halogens is 2. The van der Waals surface area contributed by atoms with E-state index in [0.717, 1.165) is 19.3 Å². The van der Waals surface area contributed by atoms with Gasteiger partial charge in [-0.2, -0.15) is 4.98 Å². The zero-order valence-electron chi connectivity index (χ0n) is 11.3. The normalized spacial score (nSPS) is 16.5. The van der Waals surface area contributed by atoms with Gasteiger partial charge in [0, 0.05) is 0 Å². The van der Waals surface area contributed by atoms with Crippen LogP contribution in [0.5, 0.6) is 5.75 Å². The second-order valence-electron chi connectivity index (χ2n) is 5.19. The van der Waals surface area contributed by atoms with Crippen molar-refractivity contribution in [3.8, 4) is 5.75 Å². The van der Waals surface area contributed by atoms with Crippen LogP contribution in [0.2, 0.25) is 5.02 Å². The van der Waals surface area contributed by atoms with E-state index in [0.29, 0.717) is 30.5 Å². The second-order valence-corrected chi connectivity index (χ2v) is 5.60. The number of hydrogen-bond donors (Lipinski definition) is 1. The van der Waals surface area contributed by atoms with Gasteiger partial charge in [0.2, 0.25) is 5.89 Å². The van der Waals surface area contributed by atoms with Crippen LogP contribution < -0.4 is 10.5 Å². The molecule has 7 heteroatoms. The molecule has 0 unspecified atom stereocenters. The number of rotatable bonds is 5. The molecule has 0 aliphatic heterocycles. The Morgan fingerprint density at radius 2 is 2.24 bits per heavy atom. The third-order valence-electron chi connectivity index (χ3n) is 3.63. The maximum Gasteiger partial charge on any atom is 0.230 e. The maximum atomic E-state index is 12.9. The molecule has 0 amide bonds. The molecule has 2 aromatic rings. The largest absolute Gasteiger partial charge is 0.491 e. The van der Waals surface area contributed by atoms with Gasteiger partial charge in [-0.1, -0.05) is 16.8 Å². The Labute approximate surface area is 126 Å². The van der Waals surface area contributed by atoms with E-state index in [1.165, 1.54) is 18.2 Å². The highest BCUT2D eigenvalue weighted by Crippen LogP contribution is 2.36. The minimum Gasteiger partial charge on any atom is -0.491 e. The Bertz CT molecular complexity index is 643. The molecule has 0 spiro atoms. The first kappa shape index (κ1) is 14.3. The zero-order valence-corrected chi connectivity index (χ0v) is 12.1. The van der Waals surface area contributed by atoms with Gasteiger partial charge in [-0.05, 0) is 37.5 Å². The molecule has 0 saturated heterocycles. The molecule has 1 aliphatic carbocycles. The van der Waals surface area contributed by atoms with E-state index in [-0.39, 0.29) is 5.02 Å². The minimum atomic E-state index is -0.428. The van der Waals surface area contributed by atoms with Crippen LogP contribution in [0.15, 0.2) is 22.7 Å². The van der Waals surface area contributed by atoms with Gasteiger partial charge in [0.25, 0.3) is 0 Å². The predicted molar refractivity (Wildman–Crippen MR) is 74.6 cm³/mol. The fourth-order valence-corrected chi connectivity index (χ4v) is 2.40. The lowest BCUT2D eigenvalue weighted by Gasteiger charge is -2.34. The summed E-state index contributed by atoms with van der Waals surface area (Å²) in [5.41, 5.74) is 5.69. The van der Waals surface area contributed by atoms with E-state index < -0.39 is 11.4 Å². The molecule has 0 atom stereocenters. The van der Waals surface area contributed by atoms with E-state index in [9.17, 15) is 4.39 Å². The average molecular weight is 312 g/mol. The van der Waals surface area contributed by atoms with Crippen LogP contribution in [0.3, 0.4) is 0 Å². The van der Waals surface area contributed by atoms with Crippen molar-refractivity contribution >= 4 is 11.6 Å². The molecule has 21 heavy (non-hydrogen) atoms. The summed E-state index contributed by atoms with van der Waals surface area (Å²) in [6.07, 6.45) is 3.30. The predicted octanol–water partition coefficient (Wildman–Crippen LogP) is 2.82. The van der Waals surface area contributed by atoms with Gasteiger partial charge >= 0.3 is 0 Å². The van der Waals surface area contributed by atoms with E-state index in [1.54, 1.807) is 0 Å². The molecule has 1 aliphatic rings. The highest BCUT2D eigenvalue weighted by atomic mass is 35.5. The molecule has 0 radical (unpaired) electrons. The molecule has 1 fully saturated rings. The SMILES string of the molecule is NC1(c2noc(CCOc3ccc(F)cc3Cl)n2)CCC1. The van der Waals surface area contributed by atoms with Crippen LogP contribution >= 0.6 is 11.6 Å². The number of ether oxygens (including phenoxy) is 1. The fourth-order valence-electron chi connectivity index (χ4n) is 2.18. The Morgan fingerprint density at radius 1 is 1.43 bits per heavy atom. The van der Waals surface area contributed by atoms with Crippen molar-refractivity contribution < 1.29 is 13.7 Å². The lowest BCUT2D eigenvalue weighted by atomic mass is 9.77. The Balaban J connectivity index is 1.56. The minimum absolute atomic E-state index is 0.233. The van der Waals surface area contributed by atoms with Crippen LogP contribution in [0.1, 0.15) is 31.0 Å². The quantitative estimate of drug-likeness (QED) is 0.919. The van der Waals surface area contributed by atoms with Crippen molar-refractivity contribution in [2.45, 2.75) is 31.2 Å². The molecule has 1 aromatic carbocycles. The highest BCUT2D eigenvalue weighted by Gasteiger charge is 2.38. The summed E-state index contributed by atoms with van der Waals surface area (Å²) in [6, 6.07) is 3.98. The summed E-state index contributed by atoms with van der Waals surface area (Å²) in [6.45, 7) is 0.310. The molecular formula is C14H15ClFN3O2. The van der Waals surface area contributed by atoms with Gasteiger partial charge in [-0.15, -0.1) is 0 Å². The first-order valence-electron chi connectivity index (χ1n) is 6.77. The molecule has 1 aromatic heterocycles. The van der Waals surface area contributed by atoms with Gasteiger partial charge in [-0.25, -0.2) is 4.39 Å². The van der Waals surface area contributed by atoms with Crippen molar-refractivity contribution in [2.24, 2.45) is 5.73 Å². The van der Waals surface area contributed by atoms with E-state index >= 15 is 0 Å².